The number of hydrogen-bond acceptors (Lipinski definition) is 1. The Kier molecular flexibility index (Phi) is 2.77. The number of likely N-dealkylation sites (tertiary alicyclic amines) is 1. The third kappa shape index (κ3) is 1.86. The Morgan fingerprint density at radius 1 is 0.952 bits per heavy atom. The standard InChI is InChI=1S/C20H27N/c1-2-4-18-16(3-1)7-8-20(18)9-11-21(12-10-20)19-14-15-5-6-17(19)13-15/h1-4,15,17,19H,5-14H2. The van der Waals surface area contributed by atoms with Crippen LogP contribution in [0, 0.1) is 11.8 Å². The van der Waals surface area contributed by atoms with Crippen molar-refractivity contribution in [2.45, 2.75) is 62.8 Å². The van der Waals surface area contributed by atoms with Crippen molar-refractivity contribution in [3.05, 3.63) is 35.4 Å². The number of benzene rings is 1. The van der Waals surface area contributed by atoms with Gasteiger partial charge < -0.3 is 4.90 Å². The highest BCUT2D eigenvalue weighted by Crippen LogP contribution is 2.50. The van der Waals surface area contributed by atoms with E-state index in [9.17, 15) is 0 Å². The number of hydrogen-bond donors (Lipinski definition) is 0. The van der Waals surface area contributed by atoms with Gasteiger partial charge >= 0.3 is 0 Å². The van der Waals surface area contributed by atoms with Crippen molar-refractivity contribution in [3.63, 3.8) is 0 Å². The van der Waals surface area contributed by atoms with Crippen LogP contribution in [-0.4, -0.2) is 24.0 Å². The lowest BCUT2D eigenvalue weighted by Gasteiger charge is -2.44. The van der Waals surface area contributed by atoms with Crippen LogP contribution in [0.25, 0.3) is 0 Å². The molecule has 2 bridgehead atoms. The zero-order valence-electron chi connectivity index (χ0n) is 13.1. The van der Waals surface area contributed by atoms with E-state index in [0.717, 1.165) is 17.9 Å². The van der Waals surface area contributed by atoms with Crippen molar-refractivity contribution < 1.29 is 0 Å². The average Bonchev–Trinajstić information content (AvgIpc) is 3.24. The molecule has 0 radical (unpaired) electrons. The predicted octanol–water partition coefficient (Wildman–Crippen LogP) is 4.16. The van der Waals surface area contributed by atoms with Crippen LogP contribution in [0.1, 0.15) is 56.1 Å². The maximum Gasteiger partial charge on any atom is 0.0126 e. The number of fused-ring (bicyclic) bond motifs is 4. The zero-order valence-corrected chi connectivity index (χ0v) is 13.1. The maximum absolute atomic E-state index is 2.88. The van der Waals surface area contributed by atoms with E-state index in [1.165, 1.54) is 58.0 Å². The van der Waals surface area contributed by atoms with E-state index in [1.54, 1.807) is 17.5 Å². The largest absolute Gasteiger partial charge is 0.300 e. The first-order chi connectivity index (χ1) is 10.3. The third-order valence-corrected chi connectivity index (χ3v) is 7.39. The summed E-state index contributed by atoms with van der Waals surface area (Å²) in [5.41, 5.74) is 3.90. The number of piperidine rings is 1. The van der Waals surface area contributed by atoms with Gasteiger partial charge in [-0.25, -0.2) is 0 Å². The second kappa shape index (κ2) is 4.59. The second-order valence-corrected chi connectivity index (χ2v) is 8.22. The Bertz CT molecular complexity index is 541. The van der Waals surface area contributed by atoms with E-state index in [2.05, 4.69) is 29.2 Å². The van der Waals surface area contributed by atoms with E-state index < -0.39 is 0 Å². The summed E-state index contributed by atoms with van der Waals surface area (Å²) in [6.07, 6.45) is 11.7. The summed E-state index contributed by atoms with van der Waals surface area (Å²) in [7, 11) is 0. The van der Waals surface area contributed by atoms with Gasteiger partial charge in [0.05, 0.1) is 0 Å². The third-order valence-electron chi connectivity index (χ3n) is 7.39. The van der Waals surface area contributed by atoms with Crippen LogP contribution in [0.2, 0.25) is 0 Å². The predicted molar refractivity (Wildman–Crippen MR) is 86.5 cm³/mol. The molecular weight excluding hydrogens is 254 g/mol. The van der Waals surface area contributed by atoms with E-state index in [4.69, 9.17) is 0 Å². The fraction of sp³-hybridized carbons (Fsp3) is 0.700. The van der Waals surface area contributed by atoms with Crippen LogP contribution < -0.4 is 0 Å². The van der Waals surface area contributed by atoms with E-state index in [1.807, 2.05) is 0 Å². The van der Waals surface area contributed by atoms with Gasteiger partial charge in [-0.15, -0.1) is 0 Å². The number of nitrogens with zero attached hydrogens (tertiary/aromatic N) is 1. The molecule has 0 aromatic heterocycles. The van der Waals surface area contributed by atoms with Gasteiger partial charge in [-0.3, -0.25) is 0 Å². The van der Waals surface area contributed by atoms with Crippen molar-refractivity contribution in [1.82, 2.24) is 4.90 Å². The molecule has 4 aliphatic rings. The van der Waals surface area contributed by atoms with Crippen LogP contribution >= 0.6 is 0 Å². The molecule has 3 aliphatic carbocycles. The summed E-state index contributed by atoms with van der Waals surface area (Å²) in [4.78, 5) is 2.88. The summed E-state index contributed by atoms with van der Waals surface area (Å²) in [5.74, 6) is 2.14. The molecule has 1 heterocycles. The van der Waals surface area contributed by atoms with E-state index in [-0.39, 0.29) is 0 Å². The highest BCUT2D eigenvalue weighted by Gasteiger charge is 2.46. The summed E-state index contributed by atoms with van der Waals surface area (Å²) in [6, 6.07) is 10.2. The molecule has 1 heteroatoms. The fourth-order valence-corrected chi connectivity index (χ4v) is 6.23. The minimum absolute atomic E-state index is 0.546. The minimum Gasteiger partial charge on any atom is -0.300 e. The number of aryl methyl sites for hydroxylation is 1. The average molecular weight is 281 g/mol. The van der Waals surface area contributed by atoms with Gasteiger partial charge in [-0.05, 0) is 86.4 Å². The summed E-state index contributed by atoms with van der Waals surface area (Å²) < 4.78 is 0. The van der Waals surface area contributed by atoms with Crippen molar-refractivity contribution in [2.75, 3.05) is 13.1 Å². The number of rotatable bonds is 1. The topological polar surface area (TPSA) is 3.24 Å². The first-order valence-corrected chi connectivity index (χ1v) is 9.17. The lowest BCUT2D eigenvalue weighted by atomic mass is 9.73. The lowest BCUT2D eigenvalue weighted by molar-refractivity contribution is 0.0835. The van der Waals surface area contributed by atoms with Crippen molar-refractivity contribution in [3.8, 4) is 0 Å². The molecular formula is C20H27N. The summed E-state index contributed by atoms with van der Waals surface area (Å²) >= 11 is 0. The van der Waals surface area contributed by atoms with Gasteiger partial charge in [-0.1, -0.05) is 30.7 Å². The van der Waals surface area contributed by atoms with Crippen molar-refractivity contribution >= 4 is 0 Å². The Hall–Kier alpha value is -0.820. The quantitative estimate of drug-likeness (QED) is 0.747. The van der Waals surface area contributed by atoms with Crippen LogP contribution in [0.15, 0.2) is 24.3 Å². The van der Waals surface area contributed by atoms with Gasteiger partial charge in [-0.2, -0.15) is 0 Å². The molecule has 1 nitrogen and oxygen atoms in total. The Balaban J connectivity index is 1.33. The van der Waals surface area contributed by atoms with Crippen LogP contribution in [0.3, 0.4) is 0 Å². The van der Waals surface area contributed by atoms with Gasteiger partial charge in [0, 0.05) is 6.04 Å². The van der Waals surface area contributed by atoms with Gasteiger partial charge in [0.2, 0.25) is 0 Å². The Labute approximate surface area is 128 Å². The van der Waals surface area contributed by atoms with Crippen molar-refractivity contribution in [2.24, 2.45) is 11.8 Å². The fourth-order valence-electron chi connectivity index (χ4n) is 6.23. The Morgan fingerprint density at radius 3 is 2.57 bits per heavy atom. The molecule has 1 saturated heterocycles. The molecule has 21 heavy (non-hydrogen) atoms. The van der Waals surface area contributed by atoms with Crippen LogP contribution in [-0.2, 0) is 11.8 Å². The second-order valence-electron chi connectivity index (χ2n) is 8.22. The van der Waals surface area contributed by atoms with Gasteiger partial charge in [0.25, 0.3) is 0 Å². The first kappa shape index (κ1) is 12.7. The molecule has 3 atom stereocenters. The normalized spacial score (nSPS) is 37.2. The monoisotopic (exact) mass is 281 g/mol. The molecule has 2 saturated carbocycles. The molecule has 0 N–H and O–H groups in total. The molecule has 3 fully saturated rings. The molecule has 1 aromatic rings. The first-order valence-electron chi connectivity index (χ1n) is 9.17. The molecule has 1 spiro atoms. The summed E-state index contributed by atoms with van der Waals surface area (Å²) in [6.45, 7) is 2.73. The molecule has 112 valence electrons. The molecule has 1 aromatic carbocycles. The zero-order chi connectivity index (χ0) is 13.9. The summed E-state index contributed by atoms with van der Waals surface area (Å²) in [5, 5.41) is 0. The van der Waals surface area contributed by atoms with Crippen molar-refractivity contribution in [1.29, 1.82) is 0 Å². The maximum atomic E-state index is 2.88. The highest BCUT2D eigenvalue weighted by atomic mass is 15.2. The SMILES string of the molecule is c1ccc2c(c1)CCC21CCN(C2CC3CCC2C3)CC1. The molecule has 0 amide bonds. The van der Waals surface area contributed by atoms with Gasteiger partial charge in [0.1, 0.15) is 0 Å². The van der Waals surface area contributed by atoms with E-state index >= 15 is 0 Å². The highest BCUT2D eigenvalue weighted by molar-refractivity contribution is 5.39. The van der Waals surface area contributed by atoms with E-state index in [0.29, 0.717) is 5.41 Å². The van der Waals surface area contributed by atoms with Crippen LogP contribution in [0.4, 0.5) is 0 Å². The molecule has 5 rings (SSSR count). The minimum atomic E-state index is 0.546. The lowest BCUT2D eigenvalue weighted by Crippen LogP contribution is -2.48. The van der Waals surface area contributed by atoms with Crippen LogP contribution in [0.5, 0.6) is 0 Å². The molecule has 3 unspecified atom stereocenters. The smallest absolute Gasteiger partial charge is 0.0126 e. The molecule has 1 aliphatic heterocycles. The Morgan fingerprint density at radius 2 is 1.81 bits per heavy atom. The van der Waals surface area contributed by atoms with Gasteiger partial charge in [0.15, 0.2) is 0 Å².